The van der Waals surface area contributed by atoms with Crippen LogP contribution >= 0.6 is 0 Å². The first-order valence-electron chi connectivity index (χ1n) is 8.75. The summed E-state index contributed by atoms with van der Waals surface area (Å²) in [6.45, 7) is 2.66. The first-order chi connectivity index (χ1) is 12.0. The zero-order valence-corrected chi connectivity index (χ0v) is 15.6. The van der Waals surface area contributed by atoms with Gasteiger partial charge in [-0.3, -0.25) is 0 Å². The van der Waals surface area contributed by atoms with Crippen LogP contribution in [0.1, 0.15) is 30.3 Å². The molecule has 0 aromatic carbocycles. The van der Waals surface area contributed by atoms with E-state index in [2.05, 4.69) is 39.9 Å². The van der Waals surface area contributed by atoms with Crippen LogP contribution in [0.5, 0.6) is 0 Å². The highest BCUT2D eigenvalue weighted by atomic mass is 15.3. The Kier molecular flexibility index (Phi) is 5.43. The van der Waals surface area contributed by atoms with Crippen LogP contribution in [-0.4, -0.2) is 66.1 Å². The van der Waals surface area contributed by atoms with Gasteiger partial charge in [0, 0.05) is 58.1 Å². The molecule has 0 bridgehead atoms. The molecule has 0 aliphatic carbocycles. The van der Waals surface area contributed by atoms with E-state index in [0.29, 0.717) is 5.92 Å². The Hall–Kier alpha value is -2.28. The van der Waals surface area contributed by atoms with Gasteiger partial charge in [0.05, 0.1) is 5.69 Å². The molecular formula is C18H27N7. The summed E-state index contributed by atoms with van der Waals surface area (Å²) >= 11 is 0. The van der Waals surface area contributed by atoms with Crippen molar-refractivity contribution in [2.24, 2.45) is 0 Å². The lowest BCUT2D eigenvalue weighted by molar-refractivity contribution is 0.394. The summed E-state index contributed by atoms with van der Waals surface area (Å²) in [5.74, 6) is 3.00. The minimum atomic E-state index is 0.304. The van der Waals surface area contributed by atoms with Crippen molar-refractivity contribution in [3.8, 4) is 0 Å². The molecule has 1 fully saturated rings. The molecule has 3 heterocycles. The summed E-state index contributed by atoms with van der Waals surface area (Å²) in [4.78, 5) is 24.9. The maximum absolute atomic E-state index is 4.86. The van der Waals surface area contributed by atoms with Crippen LogP contribution in [0, 0.1) is 0 Å². The third-order valence-corrected chi connectivity index (χ3v) is 4.34. The van der Waals surface area contributed by atoms with E-state index >= 15 is 0 Å². The van der Waals surface area contributed by atoms with E-state index in [9.17, 15) is 0 Å². The van der Waals surface area contributed by atoms with E-state index in [-0.39, 0.29) is 0 Å². The van der Waals surface area contributed by atoms with Gasteiger partial charge in [0.2, 0.25) is 5.95 Å². The SMILES string of the molecule is CN(C)Cc1cc(N(C)C)nc([C@@H]2CCCN(c3ncccn3)C2)n1. The average Bonchev–Trinajstić information content (AvgIpc) is 2.62. The molecule has 2 aromatic heterocycles. The van der Waals surface area contributed by atoms with Gasteiger partial charge < -0.3 is 14.7 Å². The van der Waals surface area contributed by atoms with E-state index in [1.807, 2.05) is 25.1 Å². The van der Waals surface area contributed by atoms with Crippen LogP contribution in [0.3, 0.4) is 0 Å². The summed E-state index contributed by atoms with van der Waals surface area (Å²) in [5.41, 5.74) is 1.06. The lowest BCUT2D eigenvalue weighted by atomic mass is 9.97. The molecule has 7 heteroatoms. The fourth-order valence-electron chi connectivity index (χ4n) is 3.14. The highest BCUT2D eigenvalue weighted by molar-refractivity contribution is 5.39. The van der Waals surface area contributed by atoms with Crippen molar-refractivity contribution in [1.82, 2.24) is 24.8 Å². The third kappa shape index (κ3) is 4.42. The van der Waals surface area contributed by atoms with Crippen molar-refractivity contribution in [2.75, 3.05) is 51.1 Å². The summed E-state index contributed by atoms with van der Waals surface area (Å²) in [6.07, 6.45) is 5.79. The van der Waals surface area contributed by atoms with E-state index < -0.39 is 0 Å². The summed E-state index contributed by atoms with van der Waals surface area (Å²) in [7, 11) is 8.17. The first kappa shape index (κ1) is 17.5. The van der Waals surface area contributed by atoms with Gasteiger partial charge in [-0.15, -0.1) is 0 Å². The molecule has 25 heavy (non-hydrogen) atoms. The van der Waals surface area contributed by atoms with Gasteiger partial charge >= 0.3 is 0 Å². The molecule has 1 saturated heterocycles. The maximum Gasteiger partial charge on any atom is 0.225 e. The predicted molar refractivity (Wildman–Crippen MR) is 100.0 cm³/mol. The van der Waals surface area contributed by atoms with Crippen LogP contribution in [0.2, 0.25) is 0 Å². The molecule has 1 aliphatic heterocycles. The first-order valence-corrected chi connectivity index (χ1v) is 8.75. The van der Waals surface area contributed by atoms with Crippen LogP contribution in [0.15, 0.2) is 24.5 Å². The van der Waals surface area contributed by atoms with E-state index in [4.69, 9.17) is 9.97 Å². The molecular weight excluding hydrogens is 314 g/mol. The third-order valence-electron chi connectivity index (χ3n) is 4.34. The molecule has 3 rings (SSSR count). The zero-order chi connectivity index (χ0) is 17.8. The molecule has 1 atom stereocenters. The van der Waals surface area contributed by atoms with Crippen LogP contribution in [-0.2, 0) is 6.54 Å². The fourth-order valence-corrected chi connectivity index (χ4v) is 3.14. The molecule has 0 unspecified atom stereocenters. The molecule has 0 radical (unpaired) electrons. The Morgan fingerprint density at radius 3 is 2.56 bits per heavy atom. The second kappa shape index (κ2) is 7.74. The Morgan fingerprint density at radius 2 is 1.88 bits per heavy atom. The molecule has 0 spiro atoms. The number of piperidine rings is 1. The second-order valence-corrected chi connectivity index (χ2v) is 7.04. The number of rotatable bonds is 5. The van der Waals surface area contributed by atoms with Crippen LogP contribution < -0.4 is 9.80 Å². The van der Waals surface area contributed by atoms with E-state index in [1.165, 1.54) is 0 Å². The molecule has 134 valence electrons. The smallest absolute Gasteiger partial charge is 0.225 e. The average molecular weight is 341 g/mol. The maximum atomic E-state index is 4.86. The number of aromatic nitrogens is 4. The van der Waals surface area contributed by atoms with Gasteiger partial charge in [-0.1, -0.05) is 0 Å². The highest BCUT2D eigenvalue weighted by Crippen LogP contribution is 2.28. The van der Waals surface area contributed by atoms with Crippen molar-refractivity contribution >= 4 is 11.8 Å². The predicted octanol–water partition coefficient (Wildman–Crippen LogP) is 1.78. The number of anilines is 2. The zero-order valence-electron chi connectivity index (χ0n) is 15.6. The Morgan fingerprint density at radius 1 is 1.12 bits per heavy atom. The van der Waals surface area contributed by atoms with Gasteiger partial charge in [-0.2, -0.15) is 0 Å². The normalized spacial score (nSPS) is 17.8. The molecule has 0 saturated carbocycles. The van der Waals surface area contributed by atoms with Crippen LogP contribution in [0.25, 0.3) is 0 Å². The number of hydrogen-bond donors (Lipinski definition) is 0. The highest BCUT2D eigenvalue weighted by Gasteiger charge is 2.26. The monoisotopic (exact) mass is 341 g/mol. The Bertz CT molecular complexity index is 687. The quantitative estimate of drug-likeness (QED) is 0.821. The Balaban J connectivity index is 1.85. The van der Waals surface area contributed by atoms with Crippen molar-refractivity contribution in [1.29, 1.82) is 0 Å². The standard InChI is InChI=1S/C18H27N7/c1-23(2)13-15-11-16(24(3)4)22-17(21-15)14-7-5-10-25(12-14)18-19-8-6-9-20-18/h6,8-9,11,14H,5,7,10,12-13H2,1-4H3/t14-/m1/s1. The van der Waals surface area contributed by atoms with E-state index in [0.717, 1.165) is 55.8 Å². The van der Waals surface area contributed by atoms with Gasteiger partial charge in [-0.25, -0.2) is 19.9 Å². The van der Waals surface area contributed by atoms with Gasteiger partial charge in [-0.05, 0) is 33.0 Å². The fraction of sp³-hybridized carbons (Fsp3) is 0.556. The molecule has 7 nitrogen and oxygen atoms in total. The second-order valence-electron chi connectivity index (χ2n) is 7.04. The number of hydrogen-bond acceptors (Lipinski definition) is 7. The largest absolute Gasteiger partial charge is 0.363 e. The topological polar surface area (TPSA) is 61.3 Å². The van der Waals surface area contributed by atoms with E-state index in [1.54, 1.807) is 12.4 Å². The molecule has 0 N–H and O–H groups in total. The van der Waals surface area contributed by atoms with Crippen molar-refractivity contribution in [2.45, 2.75) is 25.3 Å². The molecule has 1 aliphatic rings. The summed E-state index contributed by atoms with van der Waals surface area (Å²) < 4.78 is 0. The minimum Gasteiger partial charge on any atom is -0.363 e. The summed E-state index contributed by atoms with van der Waals surface area (Å²) in [6, 6.07) is 3.92. The van der Waals surface area contributed by atoms with Crippen LogP contribution in [0.4, 0.5) is 11.8 Å². The van der Waals surface area contributed by atoms with Gasteiger partial charge in [0.15, 0.2) is 0 Å². The van der Waals surface area contributed by atoms with Crippen molar-refractivity contribution in [3.63, 3.8) is 0 Å². The summed E-state index contributed by atoms with van der Waals surface area (Å²) in [5, 5.41) is 0. The molecule has 2 aromatic rings. The van der Waals surface area contributed by atoms with Gasteiger partial charge in [0.25, 0.3) is 0 Å². The number of nitrogens with zero attached hydrogens (tertiary/aromatic N) is 7. The lowest BCUT2D eigenvalue weighted by Gasteiger charge is -2.32. The minimum absolute atomic E-state index is 0.304. The van der Waals surface area contributed by atoms with Crippen molar-refractivity contribution in [3.05, 3.63) is 36.0 Å². The lowest BCUT2D eigenvalue weighted by Crippen LogP contribution is -2.36. The Labute approximate surface area is 149 Å². The molecule has 0 amide bonds. The van der Waals surface area contributed by atoms with Gasteiger partial charge in [0.1, 0.15) is 11.6 Å². The van der Waals surface area contributed by atoms with Crippen molar-refractivity contribution < 1.29 is 0 Å².